The molecule has 37 heavy (non-hydrogen) atoms. The summed E-state index contributed by atoms with van der Waals surface area (Å²) in [6.07, 6.45) is 1.66. The minimum absolute atomic E-state index is 0.0154. The van der Waals surface area contributed by atoms with E-state index in [-0.39, 0.29) is 23.5 Å². The fourth-order valence-electron chi connectivity index (χ4n) is 3.16. The number of nitrogens with zero attached hydrogens (tertiary/aromatic N) is 6. The van der Waals surface area contributed by atoms with Crippen molar-refractivity contribution < 1.29 is 9.66 Å². The predicted molar refractivity (Wildman–Crippen MR) is 144 cm³/mol. The zero-order chi connectivity index (χ0) is 26.2. The topological polar surface area (TPSA) is 143 Å². The summed E-state index contributed by atoms with van der Waals surface area (Å²) in [7, 11) is 5.55. The van der Waals surface area contributed by atoms with Crippen LogP contribution in [0.2, 0.25) is 0 Å². The van der Waals surface area contributed by atoms with Crippen LogP contribution in [0.1, 0.15) is 5.56 Å². The molecule has 0 amide bonds. The zero-order valence-electron chi connectivity index (χ0n) is 20.4. The third-order valence-electron chi connectivity index (χ3n) is 5.10. The third kappa shape index (κ3) is 6.88. The smallest absolute Gasteiger partial charge is 0.269 e. The predicted octanol–water partition coefficient (Wildman–Crippen LogP) is 4.79. The number of non-ortho nitro benzene ring substituents is 1. The van der Waals surface area contributed by atoms with E-state index in [4.69, 9.17) is 4.74 Å². The van der Waals surface area contributed by atoms with Crippen LogP contribution in [0, 0.1) is 10.1 Å². The van der Waals surface area contributed by atoms with E-state index in [1.54, 1.807) is 25.5 Å². The van der Waals surface area contributed by atoms with Crippen LogP contribution in [0.4, 0.5) is 40.6 Å². The molecule has 0 spiro atoms. The van der Waals surface area contributed by atoms with E-state index in [1.165, 1.54) is 12.1 Å². The molecular formula is C25H25N9O3. The summed E-state index contributed by atoms with van der Waals surface area (Å²) >= 11 is 0. The number of nitro benzene ring substituents is 1. The summed E-state index contributed by atoms with van der Waals surface area (Å²) < 4.78 is 5.20. The maximum absolute atomic E-state index is 10.9. The Hall–Kier alpha value is -5.26. The molecule has 3 aromatic carbocycles. The second-order valence-corrected chi connectivity index (χ2v) is 7.94. The Morgan fingerprint density at radius 2 is 1.38 bits per heavy atom. The van der Waals surface area contributed by atoms with Crippen molar-refractivity contribution in [2.45, 2.75) is 0 Å². The van der Waals surface area contributed by atoms with Gasteiger partial charge in [0.1, 0.15) is 5.75 Å². The lowest BCUT2D eigenvalue weighted by atomic mass is 10.2. The lowest BCUT2D eigenvalue weighted by molar-refractivity contribution is -0.384. The monoisotopic (exact) mass is 499 g/mol. The van der Waals surface area contributed by atoms with Gasteiger partial charge in [-0.3, -0.25) is 10.1 Å². The molecule has 0 aliphatic rings. The van der Waals surface area contributed by atoms with Crippen molar-refractivity contribution in [2.24, 2.45) is 5.10 Å². The Balaban J connectivity index is 1.55. The Morgan fingerprint density at radius 3 is 1.89 bits per heavy atom. The van der Waals surface area contributed by atoms with Crippen LogP contribution in [0.3, 0.4) is 0 Å². The number of benzene rings is 3. The number of anilines is 6. The van der Waals surface area contributed by atoms with Gasteiger partial charge in [0.05, 0.1) is 18.2 Å². The Morgan fingerprint density at radius 1 is 0.838 bits per heavy atom. The van der Waals surface area contributed by atoms with Gasteiger partial charge in [-0.2, -0.15) is 20.1 Å². The van der Waals surface area contributed by atoms with Gasteiger partial charge >= 0.3 is 0 Å². The van der Waals surface area contributed by atoms with E-state index in [9.17, 15) is 10.1 Å². The standard InChI is InChI=1S/C25H25N9O3/c1-33(2)20-10-4-17(5-11-20)16-26-32-25-30-23(27-18-6-12-21(13-7-18)34(35)36)29-24(31-25)28-19-8-14-22(37-3)15-9-19/h4-16H,1-3H3,(H3,27,28,29,30,31,32). The number of hydrogen-bond acceptors (Lipinski definition) is 11. The van der Waals surface area contributed by atoms with E-state index in [0.717, 1.165) is 22.7 Å². The van der Waals surface area contributed by atoms with Crippen LogP contribution in [-0.4, -0.2) is 47.3 Å². The Labute approximate surface area is 213 Å². The number of rotatable bonds is 10. The Bertz CT molecular complexity index is 1370. The third-order valence-corrected chi connectivity index (χ3v) is 5.10. The van der Waals surface area contributed by atoms with Crippen molar-refractivity contribution in [1.82, 2.24) is 15.0 Å². The second-order valence-electron chi connectivity index (χ2n) is 7.94. The van der Waals surface area contributed by atoms with Gasteiger partial charge in [0.2, 0.25) is 17.8 Å². The molecule has 4 rings (SSSR count). The molecule has 0 fully saturated rings. The fraction of sp³-hybridized carbons (Fsp3) is 0.120. The van der Waals surface area contributed by atoms with E-state index in [1.807, 2.05) is 67.5 Å². The molecule has 0 radical (unpaired) electrons. The molecule has 0 saturated carbocycles. The van der Waals surface area contributed by atoms with Crippen LogP contribution in [0.15, 0.2) is 77.9 Å². The molecule has 0 aliphatic heterocycles. The number of methoxy groups -OCH3 is 1. The molecule has 0 saturated heterocycles. The van der Waals surface area contributed by atoms with Crippen LogP contribution in [0.25, 0.3) is 0 Å². The largest absolute Gasteiger partial charge is 0.497 e. The van der Waals surface area contributed by atoms with Crippen molar-refractivity contribution in [3.8, 4) is 5.75 Å². The first-order valence-electron chi connectivity index (χ1n) is 11.1. The molecule has 1 aromatic heterocycles. The van der Waals surface area contributed by atoms with E-state index in [0.29, 0.717) is 5.69 Å². The van der Waals surface area contributed by atoms with Crippen LogP contribution in [-0.2, 0) is 0 Å². The van der Waals surface area contributed by atoms with E-state index >= 15 is 0 Å². The summed E-state index contributed by atoms with van der Waals surface area (Å²) in [6, 6.07) is 21.1. The van der Waals surface area contributed by atoms with Crippen molar-refractivity contribution in [1.29, 1.82) is 0 Å². The molecule has 0 atom stereocenters. The van der Waals surface area contributed by atoms with E-state index < -0.39 is 4.92 Å². The molecule has 12 nitrogen and oxygen atoms in total. The SMILES string of the molecule is COc1ccc(Nc2nc(NN=Cc3ccc(N(C)C)cc3)nc(Nc3ccc([N+](=O)[O-])cc3)n2)cc1. The maximum Gasteiger partial charge on any atom is 0.269 e. The highest BCUT2D eigenvalue weighted by Crippen LogP contribution is 2.22. The lowest BCUT2D eigenvalue weighted by Crippen LogP contribution is -2.08. The average molecular weight is 500 g/mol. The van der Waals surface area contributed by atoms with Gasteiger partial charge in [-0.25, -0.2) is 5.43 Å². The van der Waals surface area contributed by atoms with Crippen LogP contribution in [0.5, 0.6) is 5.75 Å². The molecule has 4 aromatic rings. The summed E-state index contributed by atoms with van der Waals surface area (Å²) in [5.74, 6) is 1.39. The van der Waals surface area contributed by atoms with Crippen molar-refractivity contribution in [2.75, 3.05) is 42.2 Å². The molecule has 12 heteroatoms. The molecule has 0 bridgehead atoms. The zero-order valence-corrected chi connectivity index (χ0v) is 20.4. The molecular weight excluding hydrogens is 474 g/mol. The van der Waals surface area contributed by atoms with Gasteiger partial charge in [-0.1, -0.05) is 12.1 Å². The maximum atomic E-state index is 10.9. The number of hydrogen-bond donors (Lipinski definition) is 3. The van der Waals surface area contributed by atoms with Crippen molar-refractivity contribution in [3.05, 3.63) is 88.5 Å². The first-order chi connectivity index (χ1) is 17.9. The number of aromatic nitrogens is 3. The van der Waals surface area contributed by atoms with Gasteiger partial charge in [-0.05, 0) is 54.1 Å². The number of nitrogens with one attached hydrogen (secondary N) is 3. The normalized spacial score (nSPS) is 10.7. The van der Waals surface area contributed by atoms with Gasteiger partial charge in [0.15, 0.2) is 0 Å². The van der Waals surface area contributed by atoms with Gasteiger partial charge < -0.3 is 20.3 Å². The lowest BCUT2D eigenvalue weighted by Gasteiger charge is -2.11. The van der Waals surface area contributed by atoms with Gasteiger partial charge in [-0.15, -0.1) is 0 Å². The summed E-state index contributed by atoms with van der Waals surface area (Å²) in [4.78, 5) is 25.7. The first kappa shape index (κ1) is 24.9. The molecule has 0 unspecified atom stereocenters. The Kier molecular flexibility index (Phi) is 7.69. The summed E-state index contributed by atoms with van der Waals surface area (Å²) in [5, 5.41) is 21.3. The highest BCUT2D eigenvalue weighted by molar-refractivity contribution is 5.80. The highest BCUT2D eigenvalue weighted by Gasteiger charge is 2.09. The molecule has 188 valence electrons. The van der Waals surface area contributed by atoms with Gasteiger partial charge in [0.25, 0.3) is 5.69 Å². The molecule has 0 aliphatic carbocycles. The fourth-order valence-corrected chi connectivity index (χ4v) is 3.16. The average Bonchev–Trinajstić information content (AvgIpc) is 2.89. The number of nitro groups is 1. The first-order valence-corrected chi connectivity index (χ1v) is 11.1. The van der Waals surface area contributed by atoms with E-state index in [2.05, 4.69) is 36.1 Å². The minimum atomic E-state index is -0.461. The molecule has 3 N–H and O–H groups in total. The van der Waals surface area contributed by atoms with Gasteiger partial charge in [0, 0.05) is 43.3 Å². The quantitative estimate of drug-likeness (QED) is 0.158. The van der Waals surface area contributed by atoms with Crippen molar-refractivity contribution >= 4 is 46.8 Å². The van der Waals surface area contributed by atoms with Crippen molar-refractivity contribution in [3.63, 3.8) is 0 Å². The number of hydrazone groups is 1. The highest BCUT2D eigenvalue weighted by atomic mass is 16.6. The minimum Gasteiger partial charge on any atom is -0.497 e. The molecule has 1 heterocycles. The second kappa shape index (κ2) is 11.4. The van der Waals surface area contributed by atoms with Crippen LogP contribution >= 0.6 is 0 Å². The summed E-state index contributed by atoms with van der Waals surface area (Å²) in [6.45, 7) is 0. The summed E-state index contributed by atoms with van der Waals surface area (Å²) in [5.41, 5.74) is 6.11. The number of ether oxygens (including phenoxy) is 1. The van der Waals surface area contributed by atoms with Crippen LogP contribution < -0.4 is 25.7 Å².